The Balaban J connectivity index is 2.01. The molecule has 8 heteroatoms. The SMILES string of the molecule is C=CC(=O)NCC(=O)OC1(C)C2CCC(C2)C1OS(=O)[O-]. The van der Waals surface area contributed by atoms with E-state index in [2.05, 4.69) is 11.9 Å². The van der Waals surface area contributed by atoms with Crippen molar-refractivity contribution in [1.29, 1.82) is 0 Å². The molecule has 118 valence electrons. The van der Waals surface area contributed by atoms with Gasteiger partial charge < -0.3 is 14.6 Å². The summed E-state index contributed by atoms with van der Waals surface area (Å²) < 4.78 is 32.1. The molecular weight excluding hydrogens is 298 g/mol. The molecule has 0 radical (unpaired) electrons. The van der Waals surface area contributed by atoms with E-state index in [1.54, 1.807) is 6.92 Å². The summed E-state index contributed by atoms with van der Waals surface area (Å²) in [6.45, 7) is 4.69. The first-order valence-electron chi connectivity index (χ1n) is 6.75. The molecule has 2 saturated carbocycles. The van der Waals surface area contributed by atoms with E-state index in [-0.39, 0.29) is 18.4 Å². The van der Waals surface area contributed by atoms with E-state index in [9.17, 15) is 18.4 Å². The minimum absolute atomic E-state index is 0.0773. The van der Waals surface area contributed by atoms with Crippen LogP contribution in [0.15, 0.2) is 12.7 Å². The van der Waals surface area contributed by atoms with Crippen molar-refractivity contribution in [1.82, 2.24) is 5.32 Å². The Morgan fingerprint density at radius 2 is 2.24 bits per heavy atom. The van der Waals surface area contributed by atoms with Crippen molar-refractivity contribution in [3.05, 3.63) is 12.7 Å². The van der Waals surface area contributed by atoms with Crippen LogP contribution in [-0.4, -0.2) is 38.9 Å². The zero-order valence-electron chi connectivity index (χ0n) is 11.7. The van der Waals surface area contributed by atoms with E-state index >= 15 is 0 Å². The largest absolute Gasteiger partial charge is 0.750 e. The molecule has 0 aromatic carbocycles. The second-order valence-corrected chi connectivity index (χ2v) is 6.17. The van der Waals surface area contributed by atoms with Crippen LogP contribution in [0.25, 0.3) is 0 Å². The van der Waals surface area contributed by atoms with E-state index in [0.29, 0.717) is 0 Å². The van der Waals surface area contributed by atoms with Gasteiger partial charge in [-0.2, -0.15) is 0 Å². The summed E-state index contributed by atoms with van der Waals surface area (Å²) in [6.07, 6.45) is 2.92. The zero-order chi connectivity index (χ0) is 15.6. The van der Waals surface area contributed by atoms with Gasteiger partial charge in [0.1, 0.15) is 18.2 Å². The average Bonchev–Trinajstić information content (AvgIpc) is 2.98. The molecule has 0 aliphatic heterocycles. The number of esters is 1. The second kappa shape index (κ2) is 6.25. The Labute approximate surface area is 125 Å². The summed E-state index contributed by atoms with van der Waals surface area (Å²) in [5.41, 5.74) is -0.973. The molecule has 0 aromatic rings. The van der Waals surface area contributed by atoms with Gasteiger partial charge in [-0.25, -0.2) is 4.21 Å². The van der Waals surface area contributed by atoms with Gasteiger partial charge >= 0.3 is 5.97 Å². The van der Waals surface area contributed by atoms with Crippen LogP contribution in [0.1, 0.15) is 26.2 Å². The van der Waals surface area contributed by atoms with E-state index < -0.39 is 34.9 Å². The number of hydrogen-bond acceptors (Lipinski definition) is 6. The van der Waals surface area contributed by atoms with Gasteiger partial charge in [-0.3, -0.25) is 13.8 Å². The first-order valence-corrected chi connectivity index (χ1v) is 7.75. The Morgan fingerprint density at radius 3 is 2.86 bits per heavy atom. The molecule has 2 aliphatic carbocycles. The molecule has 2 fully saturated rings. The number of carbonyl (C=O) groups is 2. The van der Waals surface area contributed by atoms with Crippen molar-refractivity contribution in [3.8, 4) is 0 Å². The summed E-state index contributed by atoms with van der Waals surface area (Å²) in [5.74, 6) is -0.937. The zero-order valence-corrected chi connectivity index (χ0v) is 12.5. The summed E-state index contributed by atoms with van der Waals surface area (Å²) >= 11 is -2.66. The molecule has 2 bridgehead atoms. The summed E-state index contributed by atoms with van der Waals surface area (Å²) in [4.78, 5) is 22.9. The molecule has 0 saturated heterocycles. The fourth-order valence-corrected chi connectivity index (χ4v) is 3.94. The highest BCUT2D eigenvalue weighted by atomic mass is 32.2. The predicted octanol–water partition coefficient (Wildman–Crippen LogP) is 0.200. The monoisotopic (exact) mass is 316 g/mol. The van der Waals surface area contributed by atoms with Crippen LogP contribution in [0.2, 0.25) is 0 Å². The van der Waals surface area contributed by atoms with E-state index in [1.165, 1.54) is 0 Å². The van der Waals surface area contributed by atoms with Crippen molar-refractivity contribution in [2.45, 2.75) is 37.9 Å². The highest BCUT2D eigenvalue weighted by molar-refractivity contribution is 7.74. The van der Waals surface area contributed by atoms with Crippen LogP contribution in [0.5, 0.6) is 0 Å². The number of fused-ring (bicyclic) bond motifs is 2. The minimum Gasteiger partial charge on any atom is -0.750 e. The van der Waals surface area contributed by atoms with Crippen molar-refractivity contribution in [3.63, 3.8) is 0 Å². The Bertz CT molecular complexity index is 481. The molecule has 0 aromatic heterocycles. The van der Waals surface area contributed by atoms with Gasteiger partial charge in [0.2, 0.25) is 5.91 Å². The van der Waals surface area contributed by atoms with E-state index in [0.717, 1.165) is 25.3 Å². The quantitative estimate of drug-likeness (QED) is 0.426. The molecule has 0 spiro atoms. The summed E-state index contributed by atoms with van der Waals surface area (Å²) in [6, 6.07) is 0. The first-order chi connectivity index (χ1) is 9.86. The maximum atomic E-state index is 11.9. The number of nitrogens with one attached hydrogen (secondary N) is 1. The maximum Gasteiger partial charge on any atom is 0.326 e. The Morgan fingerprint density at radius 1 is 1.52 bits per heavy atom. The van der Waals surface area contributed by atoms with E-state index in [4.69, 9.17) is 8.92 Å². The van der Waals surface area contributed by atoms with Crippen molar-refractivity contribution in [2.24, 2.45) is 11.8 Å². The van der Waals surface area contributed by atoms with Gasteiger partial charge in [0.05, 0.1) is 11.4 Å². The van der Waals surface area contributed by atoms with Crippen molar-refractivity contribution in [2.75, 3.05) is 6.54 Å². The second-order valence-electron chi connectivity index (χ2n) is 5.57. The maximum absolute atomic E-state index is 11.9. The standard InChI is InChI=1S/C13H19NO6S/c1-3-10(15)14-7-11(16)19-13(2)9-5-4-8(6-9)12(13)20-21(17)18/h3,8-9,12H,1,4-7H2,2H3,(H,14,15)(H,17,18)/p-1. The van der Waals surface area contributed by atoms with Crippen molar-refractivity contribution < 1.29 is 27.3 Å². The van der Waals surface area contributed by atoms with Gasteiger partial charge in [-0.05, 0) is 38.2 Å². The highest BCUT2D eigenvalue weighted by Gasteiger charge is 2.59. The van der Waals surface area contributed by atoms with Crippen LogP contribution >= 0.6 is 0 Å². The number of amides is 1. The van der Waals surface area contributed by atoms with Crippen LogP contribution in [0.3, 0.4) is 0 Å². The van der Waals surface area contributed by atoms with Gasteiger partial charge in [0.15, 0.2) is 0 Å². The smallest absolute Gasteiger partial charge is 0.326 e. The summed E-state index contributed by atoms with van der Waals surface area (Å²) in [5, 5.41) is 2.33. The molecule has 2 aliphatic rings. The predicted molar refractivity (Wildman–Crippen MR) is 72.3 cm³/mol. The Hall–Kier alpha value is -1.25. The minimum atomic E-state index is -2.66. The normalized spacial score (nSPS) is 35.2. The Kier molecular flexibility index (Phi) is 4.80. The molecule has 7 nitrogen and oxygen atoms in total. The third-order valence-electron chi connectivity index (χ3n) is 4.39. The van der Waals surface area contributed by atoms with Crippen molar-refractivity contribution >= 4 is 23.2 Å². The van der Waals surface area contributed by atoms with Gasteiger partial charge in [-0.1, -0.05) is 6.58 Å². The highest BCUT2D eigenvalue weighted by Crippen LogP contribution is 2.54. The van der Waals surface area contributed by atoms with Crippen LogP contribution < -0.4 is 5.32 Å². The van der Waals surface area contributed by atoms with Gasteiger partial charge in [-0.15, -0.1) is 0 Å². The van der Waals surface area contributed by atoms with E-state index in [1.807, 2.05) is 0 Å². The number of ether oxygens (including phenoxy) is 1. The molecule has 0 heterocycles. The summed E-state index contributed by atoms with van der Waals surface area (Å²) in [7, 11) is 0. The average molecular weight is 316 g/mol. The third-order valence-corrected chi connectivity index (χ3v) is 4.75. The lowest BCUT2D eigenvalue weighted by atomic mass is 9.83. The topological polar surface area (TPSA) is 105 Å². The van der Waals surface area contributed by atoms with Gasteiger partial charge in [0.25, 0.3) is 0 Å². The molecule has 21 heavy (non-hydrogen) atoms. The van der Waals surface area contributed by atoms with Gasteiger partial charge in [0, 0.05) is 5.92 Å². The molecule has 2 rings (SSSR count). The fraction of sp³-hybridized carbons (Fsp3) is 0.692. The number of carbonyl (C=O) groups excluding carboxylic acids is 2. The molecule has 1 N–H and O–H groups in total. The number of rotatable bonds is 6. The van der Waals surface area contributed by atoms with Crippen LogP contribution in [-0.2, 0) is 29.9 Å². The lowest BCUT2D eigenvalue weighted by molar-refractivity contribution is -0.174. The lowest BCUT2D eigenvalue weighted by Crippen LogP contribution is -2.51. The first kappa shape index (κ1) is 16.1. The van der Waals surface area contributed by atoms with Crippen LogP contribution in [0.4, 0.5) is 0 Å². The molecular formula is C13H18NO6S-. The fourth-order valence-electron chi connectivity index (χ4n) is 3.43. The molecule has 5 unspecified atom stereocenters. The third kappa shape index (κ3) is 3.33. The lowest BCUT2D eigenvalue weighted by Gasteiger charge is -2.40. The van der Waals surface area contributed by atoms with Crippen LogP contribution in [0, 0.1) is 11.8 Å². The number of hydrogen-bond donors (Lipinski definition) is 1. The molecule has 5 atom stereocenters. The molecule has 1 amide bonds.